The molecule has 0 radical (unpaired) electrons. The lowest BCUT2D eigenvalue weighted by Gasteiger charge is -2.12. The van der Waals surface area contributed by atoms with Crippen LogP contribution in [0.25, 0.3) is 0 Å². The van der Waals surface area contributed by atoms with Gasteiger partial charge < -0.3 is 14.2 Å². The second kappa shape index (κ2) is 11.3. The molecular formula is C18H21IO9S. The minimum absolute atomic E-state index is 0.0769. The van der Waals surface area contributed by atoms with Gasteiger partial charge in [0.05, 0.1) is 12.2 Å². The van der Waals surface area contributed by atoms with Crippen LogP contribution in [0.1, 0.15) is 37.0 Å². The molecule has 1 N–H and O–H groups in total. The number of carbonyl (C=O) groups is 3. The fourth-order valence-electron chi connectivity index (χ4n) is 1.99. The van der Waals surface area contributed by atoms with Crippen molar-refractivity contribution in [2.45, 2.75) is 32.8 Å². The van der Waals surface area contributed by atoms with Gasteiger partial charge in [0.1, 0.15) is 17.6 Å². The van der Waals surface area contributed by atoms with E-state index in [1.807, 2.05) is 22.6 Å². The van der Waals surface area contributed by atoms with Gasteiger partial charge in [0, 0.05) is 15.6 Å². The number of hydrogen-bond donors (Lipinski definition) is 1. The third-order valence-corrected chi connectivity index (χ3v) is 5.08. The lowest BCUT2D eigenvalue weighted by Crippen LogP contribution is -2.23. The second-order valence-corrected chi connectivity index (χ2v) is 8.76. The molecule has 1 aromatic carbocycles. The molecule has 0 aliphatic heterocycles. The zero-order chi connectivity index (χ0) is 22.2. The van der Waals surface area contributed by atoms with Crippen LogP contribution in [-0.2, 0) is 29.2 Å². The Labute approximate surface area is 182 Å². The monoisotopic (exact) mass is 540 g/mol. The van der Waals surface area contributed by atoms with E-state index in [1.54, 1.807) is 6.07 Å². The normalized spacial score (nSPS) is 12.0. The Morgan fingerprint density at radius 1 is 1.28 bits per heavy atom. The Balaban J connectivity index is 2.51. The van der Waals surface area contributed by atoms with E-state index in [0.717, 1.165) is 0 Å². The van der Waals surface area contributed by atoms with Gasteiger partial charge in [-0.3, -0.25) is 9.35 Å². The molecule has 1 rings (SSSR count). The molecule has 0 aliphatic rings. The van der Waals surface area contributed by atoms with Crippen molar-refractivity contribution >= 4 is 50.6 Å². The van der Waals surface area contributed by atoms with Gasteiger partial charge in [-0.25, -0.2) is 9.59 Å². The Kier molecular flexibility index (Phi) is 9.73. The first-order valence-corrected chi connectivity index (χ1v) is 11.1. The molecular weight excluding hydrogens is 519 g/mol. The molecule has 0 amide bonds. The van der Waals surface area contributed by atoms with Crippen LogP contribution >= 0.6 is 22.6 Å². The largest absolute Gasteiger partial charge is 0.462 e. The van der Waals surface area contributed by atoms with E-state index in [0.29, 0.717) is 3.57 Å². The average molecular weight is 540 g/mol. The first-order valence-electron chi connectivity index (χ1n) is 8.38. The number of esters is 3. The van der Waals surface area contributed by atoms with Gasteiger partial charge >= 0.3 is 17.9 Å². The average Bonchev–Trinajstić information content (AvgIpc) is 2.58. The highest BCUT2D eigenvalue weighted by Crippen LogP contribution is 2.21. The summed E-state index contributed by atoms with van der Waals surface area (Å²) in [6, 6.07) is 4.49. The highest BCUT2D eigenvalue weighted by molar-refractivity contribution is 14.1. The Morgan fingerprint density at radius 3 is 2.52 bits per heavy atom. The quantitative estimate of drug-likeness (QED) is 0.119. The standard InChI is InChI=1S/C18H21IO9S/c1-11(2)17(21)28-13-6-7-15(19)14(9-13)18(22)26-8-4-5-16(20)27-12(3)10-29(23,24)25/h6-7,9,12H,1,4-5,8,10H2,2-3H3,(H,23,24,25). The number of halogens is 1. The topological polar surface area (TPSA) is 133 Å². The number of rotatable bonds is 10. The van der Waals surface area contributed by atoms with Gasteiger partial charge in [0.25, 0.3) is 10.1 Å². The third kappa shape index (κ3) is 9.85. The molecule has 0 saturated carbocycles. The maximum absolute atomic E-state index is 12.2. The molecule has 0 aliphatic carbocycles. The van der Waals surface area contributed by atoms with Crippen molar-refractivity contribution in [3.8, 4) is 5.75 Å². The summed E-state index contributed by atoms with van der Waals surface area (Å²) in [4.78, 5) is 35.4. The zero-order valence-electron chi connectivity index (χ0n) is 15.8. The van der Waals surface area contributed by atoms with Crippen molar-refractivity contribution in [1.82, 2.24) is 0 Å². The van der Waals surface area contributed by atoms with Crippen molar-refractivity contribution in [2.24, 2.45) is 0 Å². The van der Waals surface area contributed by atoms with E-state index < -0.39 is 39.9 Å². The number of hydrogen-bond acceptors (Lipinski definition) is 8. The Bertz CT molecular complexity index is 893. The van der Waals surface area contributed by atoms with Gasteiger partial charge in [-0.05, 0) is 61.1 Å². The van der Waals surface area contributed by atoms with E-state index >= 15 is 0 Å². The predicted molar refractivity (Wildman–Crippen MR) is 111 cm³/mol. The van der Waals surface area contributed by atoms with Gasteiger partial charge in [-0.2, -0.15) is 8.42 Å². The minimum atomic E-state index is -4.24. The summed E-state index contributed by atoms with van der Waals surface area (Å²) >= 11 is 1.93. The van der Waals surface area contributed by atoms with Crippen LogP contribution in [0.2, 0.25) is 0 Å². The molecule has 0 saturated heterocycles. The van der Waals surface area contributed by atoms with E-state index in [-0.39, 0.29) is 36.3 Å². The SMILES string of the molecule is C=C(C)C(=O)Oc1ccc(I)c(C(=O)OCCCC(=O)OC(C)CS(=O)(=O)O)c1. The van der Waals surface area contributed by atoms with Gasteiger partial charge in [0.15, 0.2) is 0 Å². The summed E-state index contributed by atoms with van der Waals surface area (Å²) in [7, 11) is -4.24. The molecule has 1 unspecified atom stereocenters. The summed E-state index contributed by atoms with van der Waals surface area (Å²) in [5.74, 6) is -2.48. The molecule has 9 nitrogen and oxygen atoms in total. The van der Waals surface area contributed by atoms with Crippen LogP contribution in [0.4, 0.5) is 0 Å². The summed E-state index contributed by atoms with van der Waals surface area (Å²) < 4.78 is 45.7. The van der Waals surface area contributed by atoms with Crippen molar-refractivity contribution in [2.75, 3.05) is 12.4 Å². The van der Waals surface area contributed by atoms with E-state index in [2.05, 4.69) is 6.58 Å². The maximum atomic E-state index is 12.2. The molecule has 1 atom stereocenters. The molecule has 160 valence electrons. The van der Waals surface area contributed by atoms with Crippen LogP contribution in [0.5, 0.6) is 5.75 Å². The van der Waals surface area contributed by atoms with Gasteiger partial charge in [0.2, 0.25) is 0 Å². The molecule has 0 bridgehead atoms. The Morgan fingerprint density at radius 2 is 1.93 bits per heavy atom. The van der Waals surface area contributed by atoms with Crippen molar-refractivity contribution in [1.29, 1.82) is 0 Å². The third-order valence-electron chi connectivity index (χ3n) is 3.25. The molecule has 0 fully saturated rings. The van der Waals surface area contributed by atoms with Gasteiger partial charge in [-0.15, -0.1) is 0 Å². The fraction of sp³-hybridized carbons (Fsp3) is 0.389. The van der Waals surface area contributed by atoms with E-state index in [1.165, 1.54) is 26.0 Å². The maximum Gasteiger partial charge on any atom is 0.339 e. The molecule has 29 heavy (non-hydrogen) atoms. The molecule has 0 heterocycles. The van der Waals surface area contributed by atoms with E-state index in [4.69, 9.17) is 18.8 Å². The van der Waals surface area contributed by atoms with Crippen molar-refractivity contribution < 1.29 is 41.6 Å². The first-order chi connectivity index (χ1) is 13.4. The van der Waals surface area contributed by atoms with Crippen LogP contribution in [-0.4, -0.2) is 49.3 Å². The lowest BCUT2D eigenvalue weighted by molar-refractivity contribution is -0.147. The second-order valence-electron chi connectivity index (χ2n) is 6.10. The van der Waals surface area contributed by atoms with E-state index in [9.17, 15) is 22.8 Å². The summed E-state index contributed by atoms with van der Waals surface area (Å²) in [5, 5.41) is 0. The van der Waals surface area contributed by atoms with Crippen molar-refractivity contribution in [3.05, 3.63) is 39.5 Å². The number of benzene rings is 1. The fourth-order valence-corrected chi connectivity index (χ4v) is 3.21. The molecule has 0 spiro atoms. The molecule has 1 aromatic rings. The minimum Gasteiger partial charge on any atom is -0.462 e. The molecule has 0 aromatic heterocycles. The van der Waals surface area contributed by atoms with Crippen molar-refractivity contribution in [3.63, 3.8) is 0 Å². The first kappa shape index (κ1) is 25.0. The summed E-state index contributed by atoms with van der Waals surface area (Å²) in [5.41, 5.74) is 0.410. The van der Waals surface area contributed by atoms with Gasteiger partial charge in [-0.1, -0.05) is 6.58 Å². The summed E-state index contributed by atoms with van der Waals surface area (Å²) in [6.45, 7) is 6.23. The highest BCUT2D eigenvalue weighted by atomic mass is 127. The van der Waals surface area contributed by atoms with Crippen LogP contribution < -0.4 is 4.74 Å². The molecule has 11 heteroatoms. The lowest BCUT2D eigenvalue weighted by atomic mass is 10.2. The van der Waals surface area contributed by atoms with Crippen LogP contribution in [0, 0.1) is 3.57 Å². The number of ether oxygens (including phenoxy) is 3. The number of carbonyl (C=O) groups excluding carboxylic acids is 3. The van der Waals surface area contributed by atoms with Crippen LogP contribution in [0.15, 0.2) is 30.4 Å². The highest BCUT2D eigenvalue weighted by Gasteiger charge is 2.17. The predicted octanol–water partition coefficient (Wildman–Crippen LogP) is 2.53. The zero-order valence-corrected chi connectivity index (χ0v) is 18.8. The summed E-state index contributed by atoms with van der Waals surface area (Å²) in [6.07, 6.45) is -0.938. The Hall–Kier alpha value is -1.99. The smallest absolute Gasteiger partial charge is 0.339 e. The van der Waals surface area contributed by atoms with Crippen LogP contribution in [0.3, 0.4) is 0 Å².